The number of oxazole rings is 1. The predicted octanol–water partition coefficient (Wildman–Crippen LogP) is 2.92. The van der Waals surface area contributed by atoms with Crippen LogP contribution in [0.5, 0.6) is 0 Å². The van der Waals surface area contributed by atoms with E-state index in [1.54, 1.807) is 0 Å². The van der Waals surface area contributed by atoms with Crippen LogP contribution in [-0.2, 0) is 13.1 Å². The summed E-state index contributed by atoms with van der Waals surface area (Å²) in [5.74, 6) is 2.29. The molecule has 0 atom stereocenters. The minimum atomic E-state index is 0.514. The summed E-state index contributed by atoms with van der Waals surface area (Å²) in [7, 11) is 0. The summed E-state index contributed by atoms with van der Waals surface area (Å²) in [4.78, 5) is 11.4. The maximum Gasteiger partial charge on any atom is 0.214 e. The van der Waals surface area contributed by atoms with Gasteiger partial charge >= 0.3 is 0 Å². The topological polar surface area (TPSA) is 65.7 Å². The first kappa shape index (κ1) is 18.0. The largest absolute Gasteiger partial charge is 0.444 e. The quantitative estimate of drug-likeness (QED) is 0.475. The summed E-state index contributed by atoms with van der Waals surface area (Å²) >= 11 is 0. The first-order valence-electron chi connectivity index (χ1n) is 9.09. The van der Waals surface area contributed by atoms with Crippen molar-refractivity contribution >= 4 is 11.6 Å². The molecule has 6 nitrogen and oxygen atoms in total. The summed E-state index contributed by atoms with van der Waals surface area (Å²) in [6.45, 7) is 9.82. The van der Waals surface area contributed by atoms with Crippen molar-refractivity contribution in [2.45, 2.75) is 33.9 Å². The van der Waals surface area contributed by atoms with Crippen molar-refractivity contribution in [3.8, 4) is 0 Å². The van der Waals surface area contributed by atoms with E-state index in [1.807, 2.05) is 13.8 Å². The van der Waals surface area contributed by atoms with Gasteiger partial charge in [-0.1, -0.05) is 24.3 Å². The molecule has 2 N–H and O–H groups in total. The van der Waals surface area contributed by atoms with Crippen LogP contribution in [0.1, 0.15) is 29.8 Å². The number of nitrogens with zero attached hydrogens (tertiary/aromatic N) is 3. The van der Waals surface area contributed by atoms with E-state index in [4.69, 9.17) is 4.42 Å². The Morgan fingerprint density at radius 3 is 2.73 bits per heavy atom. The molecule has 0 amide bonds. The Hall–Kier alpha value is -2.76. The maximum atomic E-state index is 5.61. The minimum Gasteiger partial charge on any atom is -0.444 e. The van der Waals surface area contributed by atoms with Crippen LogP contribution in [0.3, 0.4) is 0 Å². The lowest BCUT2D eigenvalue weighted by molar-refractivity contribution is 0.463. The van der Waals surface area contributed by atoms with Gasteiger partial charge in [-0.05, 0) is 38.5 Å². The number of anilines is 1. The van der Waals surface area contributed by atoms with Crippen LogP contribution in [0.25, 0.3) is 0 Å². The van der Waals surface area contributed by atoms with Gasteiger partial charge in [0.15, 0.2) is 5.96 Å². The summed E-state index contributed by atoms with van der Waals surface area (Å²) in [6.07, 6.45) is 4.40. The molecule has 2 aromatic rings. The molecule has 1 aliphatic heterocycles. The number of guanidine groups is 1. The monoisotopic (exact) mass is 353 g/mol. The average Bonchev–Trinajstić information content (AvgIpc) is 3.28. The van der Waals surface area contributed by atoms with Crippen LogP contribution in [0.2, 0.25) is 0 Å². The first-order chi connectivity index (χ1) is 12.7. The van der Waals surface area contributed by atoms with Crippen molar-refractivity contribution in [3.63, 3.8) is 0 Å². The van der Waals surface area contributed by atoms with E-state index in [2.05, 4.69) is 68.9 Å². The lowest BCUT2D eigenvalue weighted by Crippen LogP contribution is -2.36. The van der Waals surface area contributed by atoms with Crippen molar-refractivity contribution < 1.29 is 4.42 Å². The summed E-state index contributed by atoms with van der Waals surface area (Å²) in [6, 6.07) is 8.57. The zero-order valence-corrected chi connectivity index (χ0v) is 15.7. The van der Waals surface area contributed by atoms with Gasteiger partial charge in [-0.25, -0.2) is 9.98 Å². The molecule has 1 aromatic heterocycles. The number of rotatable bonds is 6. The van der Waals surface area contributed by atoms with Gasteiger partial charge in [-0.2, -0.15) is 0 Å². The fraction of sp³-hybridized carbons (Fsp3) is 0.400. The zero-order valence-electron chi connectivity index (χ0n) is 15.7. The van der Waals surface area contributed by atoms with Gasteiger partial charge in [0, 0.05) is 25.3 Å². The third kappa shape index (κ3) is 4.65. The molecule has 3 rings (SSSR count). The third-order valence-corrected chi connectivity index (χ3v) is 4.34. The highest BCUT2D eigenvalue weighted by atomic mass is 16.4. The van der Waals surface area contributed by atoms with Crippen molar-refractivity contribution in [2.75, 3.05) is 24.5 Å². The predicted molar refractivity (Wildman–Crippen MR) is 105 cm³/mol. The van der Waals surface area contributed by atoms with Crippen LogP contribution < -0.4 is 15.5 Å². The Kier molecular flexibility index (Phi) is 5.94. The third-order valence-electron chi connectivity index (χ3n) is 4.34. The van der Waals surface area contributed by atoms with Gasteiger partial charge in [0.1, 0.15) is 5.76 Å². The molecule has 1 aliphatic rings. The number of aromatic nitrogens is 1. The maximum absolute atomic E-state index is 5.61. The molecule has 0 spiro atoms. The van der Waals surface area contributed by atoms with E-state index in [1.165, 1.54) is 11.3 Å². The molecule has 0 bridgehead atoms. The zero-order chi connectivity index (χ0) is 18.4. The number of hydrogen-bond donors (Lipinski definition) is 2. The van der Waals surface area contributed by atoms with Crippen LogP contribution in [0.4, 0.5) is 5.69 Å². The molecule has 1 aromatic carbocycles. The second-order valence-electron chi connectivity index (χ2n) is 6.34. The van der Waals surface area contributed by atoms with Gasteiger partial charge in [-0.15, -0.1) is 0 Å². The molecule has 138 valence electrons. The minimum absolute atomic E-state index is 0.514. The van der Waals surface area contributed by atoms with E-state index >= 15 is 0 Å². The van der Waals surface area contributed by atoms with Gasteiger partial charge < -0.3 is 20.0 Å². The van der Waals surface area contributed by atoms with Gasteiger partial charge in [0.05, 0.1) is 18.8 Å². The molecule has 0 radical (unpaired) electrons. The van der Waals surface area contributed by atoms with E-state index in [9.17, 15) is 0 Å². The highest BCUT2D eigenvalue weighted by Gasteiger charge is 2.09. The second-order valence-corrected chi connectivity index (χ2v) is 6.34. The average molecular weight is 353 g/mol. The molecular weight excluding hydrogens is 326 g/mol. The molecule has 26 heavy (non-hydrogen) atoms. The molecule has 0 fully saturated rings. The Bertz CT molecular complexity index is 766. The number of aliphatic imine (C=N–C) groups is 1. The van der Waals surface area contributed by atoms with E-state index in [-0.39, 0.29) is 0 Å². The lowest BCUT2D eigenvalue weighted by Gasteiger charge is -2.18. The number of hydrogen-bond acceptors (Lipinski definition) is 4. The summed E-state index contributed by atoms with van der Waals surface area (Å²) < 4.78 is 5.61. The Morgan fingerprint density at radius 1 is 1.23 bits per heavy atom. The number of aryl methyl sites for hydroxylation is 2. The standard InChI is InChI=1S/C20H27N5O/c1-4-21-20(23-14-19-24-15(2)16(3)26-19)22-13-17-8-7-9-18(12-17)25-10-5-6-11-25/h5-9,12H,4,10-11,13-14H2,1-3H3,(H2,21,22,23). The summed E-state index contributed by atoms with van der Waals surface area (Å²) in [5, 5.41) is 6.54. The van der Waals surface area contributed by atoms with E-state index < -0.39 is 0 Å². The second kappa shape index (κ2) is 8.56. The highest BCUT2D eigenvalue weighted by molar-refractivity contribution is 5.79. The Balaban J connectivity index is 1.62. The van der Waals surface area contributed by atoms with Crippen LogP contribution in [0.15, 0.2) is 45.8 Å². The fourth-order valence-electron chi connectivity index (χ4n) is 2.83. The number of nitrogens with one attached hydrogen (secondary N) is 2. The molecular formula is C20H27N5O. The SMILES string of the molecule is CCNC(=NCc1cccc(N2CC=CC2)c1)NCc1nc(C)c(C)o1. The first-order valence-corrected chi connectivity index (χ1v) is 9.09. The van der Waals surface area contributed by atoms with Crippen LogP contribution in [-0.4, -0.2) is 30.6 Å². The van der Waals surface area contributed by atoms with E-state index in [0.717, 1.165) is 37.0 Å². The van der Waals surface area contributed by atoms with Crippen LogP contribution in [0, 0.1) is 13.8 Å². The lowest BCUT2D eigenvalue weighted by atomic mass is 10.2. The number of benzene rings is 1. The van der Waals surface area contributed by atoms with Crippen molar-refractivity contribution in [3.05, 3.63) is 59.3 Å². The molecule has 0 saturated carbocycles. The van der Waals surface area contributed by atoms with Gasteiger partial charge in [0.2, 0.25) is 5.89 Å². The van der Waals surface area contributed by atoms with Crippen molar-refractivity contribution in [2.24, 2.45) is 4.99 Å². The molecule has 0 aliphatic carbocycles. The van der Waals surface area contributed by atoms with Crippen molar-refractivity contribution in [1.29, 1.82) is 0 Å². The molecule has 0 saturated heterocycles. The molecule has 6 heteroatoms. The normalized spacial score (nSPS) is 14.1. The molecule has 0 unspecified atom stereocenters. The van der Waals surface area contributed by atoms with Gasteiger partial charge in [0.25, 0.3) is 0 Å². The van der Waals surface area contributed by atoms with Gasteiger partial charge in [-0.3, -0.25) is 0 Å². The Labute approximate surface area is 155 Å². The Morgan fingerprint density at radius 2 is 2.04 bits per heavy atom. The van der Waals surface area contributed by atoms with Crippen LogP contribution >= 0.6 is 0 Å². The smallest absolute Gasteiger partial charge is 0.214 e. The summed E-state index contributed by atoms with van der Waals surface area (Å²) in [5.41, 5.74) is 3.36. The fourth-order valence-corrected chi connectivity index (χ4v) is 2.83. The van der Waals surface area contributed by atoms with Crippen molar-refractivity contribution in [1.82, 2.24) is 15.6 Å². The molecule has 2 heterocycles. The van der Waals surface area contributed by atoms with E-state index in [0.29, 0.717) is 19.0 Å². The highest BCUT2D eigenvalue weighted by Crippen LogP contribution is 2.19.